The SMILES string of the molecule is Cc1ccc(B2OC(C)(C)C(C)(C)O2)c(-c2cccc3cccnc23)c1. The highest BCUT2D eigenvalue weighted by Crippen LogP contribution is 2.38. The molecule has 2 aromatic carbocycles. The third kappa shape index (κ3) is 2.74. The van der Waals surface area contributed by atoms with Crippen LogP contribution in [0.5, 0.6) is 0 Å². The van der Waals surface area contributed by atoms with Crippen molar-refractivity contribution in [2.75, 3.05) is 0 Å². The minimum absolute atomic E-state index is 0.364. The van der Waals surface area contributed by atoms with Crippen LogP contribution in [0.4, 0.5) is 0 Å². The van der Waals surface area contributed by atoms with E-state index < -0.39 is 7.12 Å². The van der Waals surface area contributed by atoms with Gasteiger partial charge in [-0.2, -0.15) is 0 Å². The van der Waals surface area contributed by atoms with Crippen molar-refractivity contribution in [3.8, 4) is 11.1 Å². The molecule has 0 bridgehead atoms. The van der Waals surface area contributed by atoms with E-state index in [9.17, 15) is 0 Å². The van der Waals surface area contributed by atoms with Crippen molar-refractivity contribution in [3.63, 3.8) is 0 Å². The summed E-state index contributed by atoms with van der Waals surface area (Å²) in [6, 6.07) is 16.8. The Labute approximate surface area is 155 Å². The fraction of sp³-hybridized carbons (Fsp3) is 0.318. The van der Waals surface area contributed by atoms with Crippen molar-refractivity contribution in [1.82, 2.24) is 4.98 Å². The highest BCUT2D eigenvalue weighted by molar-refractivity contribution is 6.64. The van der Waals surface area contributed by atoms with Crippen molar-refractivity contribution < 1.29 is 9.31 Å². The number of rotatable bonds is 2. The zero-order valence-electron chi connectivity index (χ0n) is 16.0. The predicted octanol–water partition coefficient (Wildman–Crippen LogP) is 4.51. The summed E-state index contributed by atoms with van der Waals surface area (Å²) in [5.41, 5.74) is 4.75. The molecule has 4 heteroatoms. The number of benzene rings is 2. The molecule has 1 aliphatic rings. The van der Waals surface area contributed by atoms with Crippen molar-refractivity contribution in [1.29, 1.82) is 0 Å². The first-order valence-electron chi connectivity index (χ1n) is 9.09. The van der Waals surface area contributed by atoms with Crippen LogP contribution in [0.2, 0.25) is 0 Å². The lowest BCUT2D eigenvalue weighted by molar-refractivity contribution is 0.00578. The molecule has 26 heavy (non-hydrogen) atoms. The van der Waals surface area contributed by atoms with E-state index in [0.717, 1.165) is 27.5 Å². The summed E-state index contributed by atoms with van der Waals surface area (Å²) < 4.78 is 12.6. The molecule has 1 saturated heterocycles. The lowest BCUT2D eigenvalue weighted by atomic mass is 9.73. The Balaban J connectivity index is 1.89. The van der Waals surface area contributed by atoms with Crippen LogP contribution in [0.3, 0.4) is 0 Å². The number of fused-ring (bicyclic) bond motifs is 1. The number of hydrogen-bond acceptors (Lipinski definition) is 3. The molecule has 1 fully saturated rings. The van der Waals surface area contributed by atoms with Gasteiger partial charge in [0.2, 0.25) is 0 Å². The molecule has 0 amide bonds. The zero-order chi connectivity index (χ0) is 18.5. The first-order valence-corrected chi connectivity index (χ1v) is 9.09. The summed E-state index contributed by atoms with van der Waals surface area (Å²) in [5.74, 6) is 0. The smallest absolute Gasteiger partial charge is 0.399 e. The summed E-state index contributed by atoms with van der Waals surface area (Å²) in [6.45, 7) is 10.4. The van der Waals surface area contributed by atoms with Gasteiger partial charge in [0, 0.05) is 17.1 Å². The molecule has 0 atom stereocenters. The summed E-state index contributed by atoms with van der Waals surface area (Å²) in [4.78, 5) is 4.63. The largest absolute Gasteiger partial charge is 0.495 e. The summed E-state index contributed by atoms with van der Waals surface area (Å²) in [7, 11) is -0.394. The molecule has 2 heterocycles. The maximum absolute atomic E-state index is 6.32. The van der Waals surface area contributed by atoms with Gasteiger partial charge in [-0.05, 0) is 51.7 Å². The van der Waals surface area contributed by atoms with E-state index in [1.807, 2.05) is 12.3 Å². The normalized spacial score (nSPS) is 18.4. The molecule has 3 nitrogen and oxygen atoms in total. The van der Waals surface area contributed by atoms with Crippen LogP contribution in [0.1, 0.15) is 33.3 Å². The number of aryl methyl sites for hydroxylation is 1. The highest BCUT2D eigenvalue weighted by Gasteiger charge is 2.52. The fourth-order valence-corrected chi connectivity index (χ4v) is 3.40. The highest BCUT2D eigenvalue weighted by atomic mass is 16.7. The number of aromatic nitrogens is 1. The van der Waals surface area contributed by atoms with Gasteiger partial charge in [0.15, 0.2) is 0 Å². The predicted molar refractivity (Wildman–Crippen MR) is 108 cm³/mol. The quantitative estimate of drug-likeness (QED) is 0.641. The van der Waals surface area contributed by atoms with Gasteiger partial charge >= 0.3 is 7.12 Å². The molecule has 4 rings (SSSR count). The molecule has 0 aliphatic carbocycles. The van der Waals surface area contributed by atoms with Crippen molar-refractivity contribution in [3.05, 3.63) is 60.3 Å². The van der Waals surface area contributed by atoms with Crippen LogP contribution in [0.25, 0.3) is 22.0 Å². The molecule has 0 unspecified atom stereocenters. The van der Waals surface area contributed by atoms with E-state index in [4.69, 9.17) is 9.31 Å². The van der Waals surface area contributed by atoms with Gasteiger partial charge in [0.25, 0.3) is 0 Å². The Morgan fingerprint density at radius 3 is 2.27 bits per heavy atom. The summed E-state index contributed by atoms with van der Waals surface area (Å²) >= 11 is 0. The van der Waals surface area contributed by atoms with Crippen molar-refractivity contribution in [2.45, 2.75) is 45.8 Å². The standard InChI is InChI=1S/C22H24BNO2/c1-15-11-12-19(23-25-21(2,3)22(4,5)26-23)18(14-15)17-10-6-8-16-9-7-13-24-20(16)17/h6-14H,1-5H3. The lowest BCUT2D eigenvalue weighted by Gasteiger charge is -2.32. The van der Waals surface area contributed by atoms with Crippen molar-refractivity contribution in [2.24, 2.45) is 0 Å². The molecule has 0 spiro atoms. The minimum atomic E-state index is -0.394. The van der Waals surface area contributed by atoms with Gasteiger partial charge in [-0.1, -0.05) is 48.0 Å². The number of nitrogens with zero attached hydrogens (tertiary/aromatic N) is 1. The van der Waals surface area contributed by atoms with Gasteiger partial charge in [0.05, 0.1) is 16.7 Å². The van der Waals surface area contributed by atoms with Gasteiger partial charge in [-0.3, -0.25) is 4.98 Å². The van der Waals surface area contributed by atoms with Gasteiger partial charge in [0.1, 0.15) is 0 Å². The van der Waals surface area contributed by atoms with Crippen LogP contribution >= 0.6 is 0 Å². The summed E-state index contributed by atoms with van der Waals surface area (Å²) in [5, 5.41) is 1.13. The molecule has 0 N–H and O–H groups in total. The lowest BCUT2D eigenvalue weighted by Crippen LogP contribution is -2.41. The van der Waals surface area contributed by atoms with E-state index in [1.54, 1.807) is 0 Å². The average molecular weight is 345 g/mol. The molecular formula is C22H24BNO2. The Morgan fingerprint density at radius 1 is 0.846 bits per heavy atom. The zero-order valence-corrected chi connectivity index (χ0v) is 16.0. The third-order valence-corrected chi connectivity index (χ3v) is 5.64. The van der Waals surface area contributed by atoms with Gasteiger partial charge in [-0.15, -0.1) is 0 Å². The Kier molecular flexibility index (Phi) is 3.94. The summed E-state index contributed by atoms with van der Waals surface area (Å²) in [6.07, 6.45) is 1.84. The Morgan fingerprint density at radius 2 is 1.54 bits per heavy atom. The number of para-hydroxylation sites is 1. The van der Waals surface area contributed by atoms with Gasteiger partial charge in [-0.25, -0.2) is 0 Å². The van der Waals surface area contributed by atoms with Crippen LogP contribution in [-0.2, 0) is 9.31 Å². The van der Waals surface area contributed by atoms with Crippen LogP contribution < -0.4 is 5.46 Å². The van der Waals surface area contributed by atoms with E-state index in [0.29, 0.717) is 0 Å². The minimum Gasteiger partial charge on any atom is -0.399 e. The molecule has 132 valence electrons. The first-order chi connectivity index (χ1) is 12.3. The second kappa shape index (κ2) is 5.93. The van der Waals surface area contributed by atoms with E-state index >= 15 is 0 Å². The van der Waals surface area contributed by atoms with E-state index in [1.165, 1.54) is 5.56 Å². The van der Waals surface area contributed by atoms with Crippen molar-refractivity contribution >= 4 is 23.5 Å². The van der Waals surface area contributed by atoms with Gasteiger partial charge < -0.3 is 9.31 Å². The maximum atomic E-state index is 6.32. The fourth-order valence-electron chi connectivity index (χ4n) is 3.40. The van der Waals surface area contributed by atoms with E-state index in [2.05, 4.69) is 82.1 Å². The van der Waals surface area contributed by atoms with Crippen LogP contribution in [-0.4, -0.2) is 23.3 Å². The molecular weight excluding hydrogens is 321 g/mol. The average Bonchev–Trinajstić information content (AvgIpc) is 2.82. The molecule has 1 aromatic heterocycles. The Bertz CT molecular complexity index is 960. The third-order valence-electron chi connectivity index (χ3n) is 5.64. The molecule has 1 aliphatic heterocycles. The molecule has 0 saturated carbocycles. The molecule has 3 aromatic rings. The molecule has 0 radical (unpaired) electrons. The van der Waals surface area contributed by atoms with Crippen LogP contribution in [0, 0.1) is 6.92 Å². The van der Waals surface area contributed by atoms with Crippen LogP contribution in [0.15, 0.2) is 54.7 Å². The second-order valence-electron chi connectivity index (χ2n) is 8.06. The van der Waals surface area contributed by atoms with E-state index in [-0.39, 0.29) is 11.2 Å². The monoisotopic (exact) mass is 345 g/mol. The first kappa shape index (κ1) is 17.3. The topological polar surface area (TPSA) is 31.4 Å². The number of pyridine rings is 1. The second-order valence-corrected chi connectivity index (χ2v) is 8.06. The maximum Gasteiger partial charge on any atom is 0.495 e. The Hall–Kier alpha value is -2.17. The number of hydrogen-bond donors (Lipinski definition) is 0.